The van der Waals surface area contributed by atoms with Crippen LogP contribution in [0.3, 0.4) is 0 Å². The van der Waals surface area contributed by atoms with Crippen LogP contribution in [0.5, 0.6) is 0 Å². The van der Waals surface area contributed by atoms with Crippen LogP contribution in [0.4, 0.5) is 17.6 Å². The zero-order valence-electron chi connectivity index (χ0n) is 10.1. The molecule has 2 rings (SSSR count). The maximum Gasteiger partial charge on any atom is 0.419 e. The number of rotatable bonds is 2. The lowest BCUT2D eigenvalue weighted by Crippen LogP contribution is -2.10. The normalized spacial score (nSPS) is 13.6. The smallest absolute Gasteiger partial charge is 0.206 e. The molecular weight excluding hydrogens is 380 g/mol. The van der Waals surface area contributed by atoms with Crippen molar-refractivity contribution in [3.63, 3.8) is 0 Å². The molecule has 0 amide bonds. The van der Waals surface area contributed by atoms with E-state index in [2.05, 4.69) is 15.9 Å². The topological polar surface area (TPSA) is 0 Å². The molecule has 0 aliphatic carbocycles. The van der Waals surface area contributed by atoms with Crippen LogP contribution in [0.2, 0.25) is 0 Å². The van der Waals surface area contributed by atoms with Gasteiger partial charge in [0.1, 0.15) is 5.82 Å². The van der Waals surface area contributed by atoms with E-state index in [9.17, 15) is 17.6 Å². The van der Waals surface area contributed by atoms with Crippen molar-refractivity contribution in [1.29, 1.82) is 0 Å². The zero-order chi connectivity index (χ0) is 15.1. The van der Waals surface area contributed by atoms with Gasteiger partial charge in [0.2, 0.25) is 0 Å². The fourth-order valence-corrected chi connectivity index (χ4v) is 3.65. The van der Waals surface area contributed by atoms with E-state index in [0.717, 1.165) is 15.4 Å². The molecule has 2 aromatic rings. The molecule has 1 aromatic heterocycles. The van der Waals surface area contributed by atoms with Gasteiger partial charge in [0.15, 0.2) is 0 Å². The quantitative estimate of drug-likeness (QED) is 0.419. The molecule has 1 unspecified atom stereocenters. The Morgan fingerprint density at radius 3 is 2.45 bits per heavy atom. The van der Waals surface area contributed by atoms with E-state index < -0.39 is 22.9 Å². The van der Waals surface area contributed by atoms with Gasteiger partial charge in [0.25, 0.3) is 0 Å². The van der Waals surface area contributed by atoms with E-state index in [4.69, 9.17) is 11.6 Å². The Balaban J connectivity index is 2.48. The third kappa shape index (κ3) is 3.02. The van der Waals surface area contributed by atoms with Crippen LogP contribution in [0.25, 0.3) is 0 Å². The molecule has 0 aliphatic heterocycles. The molecule has 1 aromatic carbocycles. The summed E-state index contributed by atoms with van der Waals surface area (Å²) in [5, 5.41) is -0.952. The molecule has 1 heterocycles. The lowest BCUT2D eigenvalue weighted by Gasteiger charge is -2.14. The van der Waals surface area contributed by atoms with Crippen molar-refractivity contribution in [2.45, 2.75) is 18.5 Å². The van der Waals surface area contributed by atoms with Crippen molar-refractivity contribution >= 4 is 38.9 Å². The Kier molecular flexibility index (Phi) is 4.47. The summed E-state index contributed by atoms with van der Waals surface area (Å²) in [7, 11) is 0. The molecule has 0 aliphatic rings. The monoisotopic (exact) mass is 386 g/mol. The molecule has 0 saturated carbocycles. The highest BCUT2D eigenvalue weighted by Gasteiger charge is 2.35. The van der Waals surface area contributed by atoms with E-state index in [0.29, 0.717) is 10.9 Å². The molecule has 0 radical (unpaired) electrons. The fraction of sp³-hybridized carbons (Fsp3) is 0.231. The molecule has 20 heavy (non-hydrogen) atoms. The average molecular weight is 388 g/mol. The Morgan fingerprint density at radius 2 is 1.95 bits per heavy atom. The second-order valence-electron chi connectivity index (χ2n) is 4.12. The first-order chi connectivity index (χ1) is 9.21. The van der Waals surface area contributed by atoms with Gasteiger partial charge in [-0.3, -0.25) is 0 Å². The van der Waals surface area contributed by atoms with Gasteiger partial charge in [-0.15, -0.1) is 22.9 Å². The van der Waals surface area contributed by atoms with Crippen LogP contribution in [-0.4, -0.2) is 0 Å². The zero-order valence-corrected chi connectivity index (χ0v) is 13.2. The standard InChI is InChI=1S/C13H8BrClF4S/c1-6-9(14)5-10(20-6)11(15)7-3-2-4-8(12(7)16)13(17,18)19/h2-5,11H,1H3. The molecule has 0 bridgehead atoms. The molecule has 0 spiro atoms. The molecule has 7 heteroatoms. The Labute approximate surface area is 130 Å². The minimum atomic E-state index is -4.73. The van der Waals surface area contributed by atoms with Gasteiger partial charge in [-0.25, -0.2) is 4.39 Å². The number of hydrogen-bond acceptors (Lipinski definition) is 1. The first-order valence-corrected chi connectivity index (χ1v) is 7.52. The van der Waals surface area contributed by atoms with E-state index in [-0.39, 0.29) is 5.56 Å². The highest BCUT2D eigenvalue weighted by atomic mass is 79.9. The third-order valence-corrected chi connectivity index (χ3v) is 5.53. The maximum absolute atomic E-state index is 14.0. The lowest BCUT2D eigenvalue weighted by molar-refractivity contribution is -0.140. The van der Waals surface area contributed by atoms with E-state index >= 15 is 0 Å². The number of halogens is 6. The van der Waals surface area contributed by atoms with Crippen LogP contribution in [-0.2, 0) is 6.18 Å². The molecular formula is C13H8BrClF4S. The van der Waals surface area contributed by atoms with Crippen molar-refractivity contribution in [1.82, 2.24) is 0 Å². The lowest BCUT2D eigenvalue weighted by atomic mass is 10.1. The number of aryl methyl sites for hydroxylation is 1. The van der Waals surface area contributed by atoms with Gasteiger partial charge in [-0.05, 0) is 35.0 Å². The van der Waals surface area contributed by atoms with Gasteiger partial charge in [-0.2, -0.15) is 13.2 Å². The number of alkyl halides is 4. The Bertz CT molecular complexity index is 616. The van der Waals surface area contributed by atoms with Crippen molar-refractivity contribution < 1.29 is 17.6 Å². The first-order valence-electron chi connectivity index (χ1n) is 5.47. The molecule has 1 atom stereocenters. The Morgan fingerprint density at radius 1 is 1.30 bits per heavy atom. The predicted molar refractivity (Wildman–Crippen MR) is 75.9 cm³/mol. The summed E-state index contributed by atoms with van der Waals surface area (Å²) in [5.41, 5.74) is -1.47. The van der Waals surface area contributed by atoms with Crippen molar-refractivity contribution in [3.8, 4) is 0 Å². The summed E-state index contributed by atoms with van der Waals surface area (Å²) in [6, 6.07) is 4.83. The summed E-state index contributed by atoms with van der Waals surface area (Å²) in [4.78, 5) is 1.52. The molecule has 0 saturated heterocycles. The van der Waals surface area contributed by atoms with Crippen LogP contribution in [0.15, 0.2) is 28.7 Å². The van der Waals surface area contributed by atoms with Gasteiger partial charge < -0.3 is 0 Å². The molecule has 0 nitrogen and oxygen atoms in total. The highest BCUT2D eigenvalue weighted by molar-refractivity contribution is 9.10. The van der Waals surface area contributed by atoms with Crippen LogP contribution < -0.4 is 0 Å². The molecule has 108 valence electrons. The highest BCUT2D eigenvalue weighted by Crippen LogP contribution is 2.41. The van der Waals surface area contributed by atoms with Crippen LogP contribution in [0, 0.1) is 12.7 Å². The minimum absolute atomic E-state index is 0.171. The van der Waals surface area contributed by atoms with Gasteiger partial charge in [0, 0.05) is 19.8 Å². The number of thiophene rings is 1. The predicted octanol–water partition coefficient (Wildman–Crippen LogP) is 6.31. The fourth-order valence-electron chi connectivity index (χ4n) is 1.72. The number of benzene rings is 1. The summed E-state index contributed by atoms with van der Waals surface area (Å²) in [5.74, 6) is -1.32. The summed E-state index contributed by atoms with van der Waals surface area (Å²) in [6.07, 6.45) is -4.73. The van der Waals surface area contributed by atoms with Crippen molar-refractivity contribution in [2.24, 2.45) is 0 Å². The van der Waals surface area contributed by atoms with Crippen LogP contribution in [0.1, 0.15) is 26.3 Å². The summed E-state index contributed by atoms with van der Waals surface area (Å²) >= 11 is 10.7. The van der Waals surface area contributed by atoms with E-state index in [1.807, 2.05) is 6.92 Å². The second-order valence-corrected chi connectivity index (χ2v) is 6.70. The third-order valence-electron chi connectivity index (χ3n) is 2.73. The van der Waals surface area contributed by atoms with E-state index in [1.54, 1.807) is 6.07 Å². The van der Waals surface area contributed by atoms with E-state index in [1.165, 1.54) is 17.4 Å². The SMILES string of the molecule is Cc1sc(C(Cl)c2cccc(C(F)(F)F)c2F)cc1Br. The van der Waals surface area contributed by atoms with Gasteiger partial charge >= 0.3 is 6.18 Å². The summed E-state index contributed by atoms with van der Waals surface area (Å²) in [6.45, 7) is 1.84. The van der Waals surface area contributed by atoms with Gasteiger partial charge in [-0.1, -0.05) is 12.1 Å². The Hall–Kier alpha value is -0.590. The molecule has 0 fully saturated rings. The van der Waals surface area contributed by atoms with Crippen LogP contribution >= 0.6 is 38.9 Å². The van der Waals surface area contributed by atoms with Crippen molar-refractivity contribution in [3.05, 3.63) is 55.4 Å². The molecule has 0 N–H and O–H groups in total. The van der Waals surface area contributed by atoms with Crippen molar-refractivity contribution in [2.75, 3.05) is 0 Å². The minimum Gasteiger partial charge on any atom is -0.206 e. The summed E-state index contributed by atoms with van der Waals surface area (Å²) < 4.78 is 52.8. The first kappa shape index (κ1) is 15.8. The second kappa shape index (κ2) is 5.66. The average Bonchev–Trinajstić information content (AvgIpc) is 2.67. The largest absolute Gasteiger partial charge is 0.419 e. The van der Waals surface area contributed by atoms with Gasteiger partial charge in [0.05, 0.1) is 10.9 Å². The number of hydrogen-bond donors (Lipinski definition) is 0. The maximum atomic E-state index is 14.0.